The van der Waals surface area contributed by atoms with Gasteiger partial charge in [-0.3, -0.25) is 14.8 Å². The van der Waals surface area contributed by atoms with Gasteiger partial charge in [-0.25, -0.2) is 0 Å². The molecule has 1 N–H and O–H groups in total. The number of aryl methyl sites for hydroxylation is 2. The van der Waals surface area contributed by atoms with E-state index >= 15 is 0 Å². The third-order valence-corrected chi connectivity index (χ3v) is 4.99. The number of halogens is 1. The van der Waals surface area contributed by atoms with Gasteiger partial charge in [-0.15, -0.1) is 0 Å². The highest BCUT2D eigenvalue weighted by Crippen LogP contribution is 2.22. The zero-order chi connectivity index (χ0) is 17.6. The number of nitrogens with one attached hydrogen (secondary N) is 1. The molecular formula is C19H18ClN3OS. The maximum absolute atomic E-state index is 12.2. The zero-order valence-electron chi connectivity index (χ0n) is 13.8. The van der Waals surface area contributed by atoms with Crippen LogP contribution in [0.3, 0.4) is 0 Å². The fourth-order valence-electron chi connectivity index (χ4n) is 2.53. The smallest absolute Gasteiger partial charge is 0.220 e. The molecule has 128 valence electrons. The predicted octanol–water partition coefficient (Wildman–Crippen LogP) is 4.42. The molecule has 2 heterocycles. The molecule has 0 saturated carbocycles. The molecule has 0 saturated heterocycles. The molecule has 6 heteroatoms. The van der Waals surface area contributed by atoms with E-state index in [1.165, 1.54) is 0 Å². The molecule has 0 aliphatic carbocycles. The van der Waals surface area contributed by atoms with Crippen LogP contribution in [-0.4, -0.2) is 15.9 Å². The lowest BCUT2D eigenvalue weighted by Crippen LogP contribution is -2.24. The van der Waals surface area contributed by atoms with Crippen molar-refractivity contribution in [2.75, 3.05) is 0 Å². The fourth-order valence-corrected chi connectivity index (χ4v) is 3.29. The Morgan fingerprint density at radius 2 is 2.08 bits per heavy atom. The van der Waals surface area contributed by atoms with Crippen molar-refractivity contribution in [1.29, 1.82) is 0 Å². The lowest BCUT2D eigenvalue weighted by atomic mass is 10.1. The van der Waals surface area contributed by atoms with E-state index in [4.69, 9.17) is 11.6 Å². The third kappa shape index (κ3) is 4.65. The number of rotatable bonds is 6. The Balaban J connectivity index is 1.57. The number of hydrogen-bond acceptors (Lipinski definition) is 4. The van der Waals surface area contributed by atoms with Crippen LogP contribution in [0, 0.1) is 6.92 Å². The van der Waals surface area contributed by atoms with Crippen molar-refractivity contribution in [3.05, 3.63) is 69.3 Å². The van der Waals surface area contributed by atoms with Gasteiger partial charge in [-0.05, 0) is 42.0 Å². The minimum absolute atomic E-state index is 0.00507. The van der Waals surface area contributed by atoms with Crippen molar-refractivity contribution in [3.63, 3.8) is 0 Å². The van der Waals surface area contributed by atoms with Crippen LogP contribution in [0.2, 0.25) is 5.02 Å². The molecule has 0 radical (unpaired) electrons. The van der Waals surface area contributed by atoms with Gasteiger partial charge in [-0.1, -0.05) is 23.7 Å². The van der Waals surface area contributed by atoms with E-state index in [9.17, 15) is 4.79 Å². The Labute approximate surface area is 155 Å². The molecule has 1 aromatic carbocycles. The normalized spacial score (nSPS) is 10.6. The van der Waals surface area contributed by atoms with Gasteiger partial charge in [0.05, 0.1) is 17.9 Å². The van der Waals surface area contributed by atoms with Crippen molar-refractivity contribution < 1.29 is 4.79 Å². The standard InChI is InChI=1S/C19H18ClN3OS/c1-13-10-14(2-4-16(13)20)3-5-18(24)23-11-17-19(22-8-7-21-17)15-6-9-25-12-15/h2,4,6-10,12H,3,5,11H2,1H3,(H,23,24). The van der Waals surface area contributed by atoms with Crippen molar-refractivity contribution in [2.24, 2.45) is 0 Å². The van der Waals surface area contributed by atoms with Crippen molar-refractivity contribution in [1.82, 2.24) is 15.3 Å². The molecular weight excluding hydrogens is 354 g/mol. The topological polar surface area (TPSA) is 54.9 Å². The van der Waals surface area contributed by atoms with Gasteiger partial charge in [0.15, 0.2) is 0 Å². The number of aromatic nitrogens is 2. The second-order valence-corrected chi connectivity index (χ2v) is 6.91. The minimum atomic E-state index is -0.00507. The van der Waals surface area contributed by atoms with Gasteiger partial charge in [-0.2, -0.15) is 11.3 Å². The van der Waals surface area contributed by atoms with Crippen LogP contribution in [0.1, 0.15) is 23.2 Å². The molecule has 3 aromatic rings. The molecule has 0 aliphatic heterocycles. The van der Waals surface area contributed by atoms with Crippen LogP contribution in [-0.2, 0) is 17.8 Å². The Morgan fingerprint density at radius 3 is 2.84 bits per heavy atom. The summed E-state index contributed by atoms with van der Waals surface area (Å²) in [6, 6.07) is 7.85. The lowest BCUT2D eigenvalue weighted by molar-refractivity contribution is -0.121. The molecule has 0 spiro atoms. The number of nitrogens with zero attached hydrogens (tertiary/aromatic N) is 2. The summed E-state index contributed by atoms with van der Waals surface area (Å²) in [5.41, 5.74) is 4.75. The first-order valence-electron chi connectivity index (χ1n) is 7.97. The molecule has 0 aliphatic rings. The van der Waals surface area contributed by atoms with Crippen LogP contribution < -0.4 is 5.32 Å². The highest BCUT2D eigenvalue weighted by molar-refractivity contribution is 7.08. The van der Waals surface area contributed by atoms with Gasteiger partial charge >= 0.3 is 0 Å². The second kappa shape index (κ2) is 8.23. The van der Waals surface area contributed by atoms with Crippen LogP contribution >= 0.6 is 22.9 Å². The summed E-state index contributed by atoms with van der Waals surface area (Å²) in [7, 11) is 0. The Hall–Kier alpha value is -2.24. The Kier molecular flexibility index (Phi) is 5.79. The molecule has 25 heavy (non-hydrogen) atoms. The average molecular weight is 372 g/mol. The summed E-state index contributed by atoms with van der Waals surface area (Å²) in [5.74, 6) is -0.00507. The van der Waals surface area contributed by atoms with Crippen LogP contribution in [0.15, 0.2) is 47.4 Å². The van der Waals surface area contributed by atoms with E-state index in [1.54, 1.807) is 23.7 Å². The Bertz CT molecular complexity index is 865. The average Bonchev–Trinajstić information content (AvgIpc) is 3.15. The first-order chi connectivity index (χ1) is 12.1. The number of benzene rings is 1. The van der Waals surface area contributed by atoms with Crippen LogP contribution in [0.25, 0.3) is 11.3 Å². The van der Waals surface area contributed by atoms with E-state index in [-0.39, 0.29) is 5.91 Å². The summed E-state index contributed by atoms with van der Waals surface area (Å²) in [6.45, 7) is 2.34. The van der Waals surface area contributed by atoms with Gasteiger partial charge in [0.1, 0.15) is 0 Å². The second-order valence-electron chi connectivity index (χ2n) is 5.72. The van der Waals surface area contributed by atoms with Crippen molar-refractivity contribution in [2.45, 2.75) is 26.3 Å². The SMILES string of the molecule is Cc1cc(CCC(=O)NCc2nccnc2-c2ccsc2)ccc1Cl. The number of amides is 1. The monoisotopic (exact) mass is 371 g/mol. The summed E-state index contributed by atoms with van der Waals surface area (Å²) in [6.07, 6.45) is 4.42. The van der Waals surface area contributed by atoms with Gasteiger partial charge < -0.3 is 5.32 Å². The van der Waals surface area contributed by atoms with Gasteiger partial charge in [0, 0.05) is 34.8 Å². The van der Waals surface area contributed by atoms with E-state index < -0.39 is 0 Å². The molecule has 0 unspecified atom stereocenters. The fraction of sp³-hybridized carbons (Fsp3) is 0.211. The number of hydrogen-bond donors (Lipinski definition) is 1. The quantitative estimate of drug-likeness (QED) is 0.698. The number of carbonyl (C=O) groups excluding carboxylic acids is 1. The lowest BCUT2D eigenvalue weighted by Gasteiger charge is -2.08. The predicted molar refractivity (Wildman–Crippen MR) is 102 cm³/mol. The Morgan fingerprint density at radius 1 is 1.24 bits per heavy atom. The van der Waals surface area contributed by atoms with Crippen molar-refractivity contribution >= 4 is 28.8 Å². The van der Waals surface area contributed by atoms with Gasteiger partial charge in [0.2, 0.25) is 5.91 Å². The first kappa shape index (κ1) is 17.6. The van der Waals surface area contributed by atoms with E-state index in [1.807, 2.05) is 41.9 Å². The molecule has 3 rings (SSSR count). The zero-order valence-corrected chi connectivity index (χ0v) is 15.4. The summed E-state index contributed by atoms with van der Waals surface area (Å²) in [5, 5.41) is 7.71. The highest BCUT2D eigenvalue weighted by atomic mass is 35.5. The van der Waals surface area contributed by atoms with Gasteiger partial charge in [0.25, 0.3) is 0 Å². The highest BCUT2D eigenvalue weighted by Gasteiger charge is 2.10. The van der Waals surface area contributed by atoms with Crippen LogP contribution in [0.5, 0.6) is 0 Å². The summed E-state index contributed by atoms with van der Waals surface area (Å²) < 4.78 is 0. The third-order valence-electron chi connectivity index (χ3n) is 3.88. The summed E-state index contributed by atoms with van der Waals surface area (Å²) >= 11 is 7.64. The maximum atomic E-state index is 12.2. The molecule has 0 fully saturated rings. The molecule has 1 amide bonds. The molecule has 0 bridgehead atoms. The first-order valence-corrected chi connectivity index (χ1v) is 9.30. The van der Waals surface area contributed by atoms with E-state index in [0.717, 1.165) is 33.1 Å². The number of carbonyl (C=O) groups is 1. The summed E-state index contributed by atoms with van der Waals surface area (Å²) in [4.78, 5) is 20.9. The number of thiophene rings is 1. The molecule has 4 nitrogen and oxygen atoms in total. The van der Waals surface area contributed by atoms with E-state index in [2.05, 4.69) is 15.3 Å². The van der Waals surface area contributed by atoms with Crippen molar-refractivity contribution in [3.8, 4) is 11.3 Å². The van der Waals surface area contributed by atoms with Crippen LogP contribution in [0.4, 0.5) is 0 Å². The molecule has 0 atom stereocenters. The minimum Gasteiger partial charge on any atom is -0.350 e. The largest absolute Gasteiger partial charge is 0.350 e. The molecule has 2 aromatic heterocycles. The van der Waals surface area contributed by atoms with E-state index in [0.29, 0.717) is 19.4 Å². The maximum Gasteiger partial charge on any atom is 0.220 e.